The highest BCUT2D eigenvalue weighted by molar-refractivity contribution is 5.07. The quantitative estimate of drug-likeness (QED) is 0.549. The fraction of sp³-hybridized carbons (Fsp3) is 1.00. The Morgan fingerprint density at radius 3 is 1.21 bits per heavy atom. The molecule has 2 unspecified atom stereocenters. The maximum atomic E-state index is 12.8. The van der Waals surface area contributed by atoms with Gasteiger partial charge in [0.25, 0.3) is 19.1 Å². The predicted octanol–water partition coefficient (Wildman–Crippen LogP) is 4.96. The second kappa shape index (κ2) is 6.33. The summed E-state index contributed by atoms with van der Waals surface area (Å²) in [7, 11) is 0. The van der Waals surface area contributed by atoms with Crippen molar-refractivity contribution in [1.82, 2.24) is 0 Å². The zero-order valence-electron chi connectivity index (χ0n) is 10.3. The van der Waals surface area contributed by atoms with E-state index in [1.807, 2.05) is 0 Å². The van der Waals surface area contributed by atoms with Crippen LogP contribution in [0.4, 0.5) is 65.9 Å². The Bertz CT molecular complexity index is 426. The van der Waals surface area contributed by atoms with Crippen molar-refractivity contribution >= 4 is 0 Å². The molecule has 0 aromatic carbocycles. The van der Waals surface area contributed by atoms with Crippen molar-refractivity contribution in [2.45, 2.75) is 49.0 Å². The molecule has 2 atom stereocenters. The first-order valence-corrected chi connectivity index (χ1v) is 5.05. The molecule has 0 fully saturated rings. The summed E-state index contributed by atoms with van der Waals surface area (Å²) in [5.41, 5.74) is 0. The van der Waals surface area contributed by atoms with Crippen molar-refractivity contribution in [3.05, 3.63) is 0 Å². The van der Waals surface area contributed by atoms with Gasteiger partial charge in [0.05, 0.1) is 0 Å². The summed E-state index contributed by atoms with van der Waals surface area (Å²) >= 11 is 0. The van der Waals surface area contributed by atoms with Gasteiger partial charge in [-0.15, -0.1) is 0 Å². The first-order chi connectivity index (χ1) is 10.2. The molecule has 0 aliphatic carbocycles. The second-order valence-corrected chi connectivity index (χ2v) is 3.98. The molecular formula is C8H3F15O. The van der Waals surface area contributed by atoms with Gasteiger partial charge in [-0.2, -0.15) is 48.3 Å². The molecule has 0 amide bonds. The van der Waals surface area contributed by atoms with Crippen LogP contribution in [-0.4, -0.2) is 49.0 Å². The molecule has 0 rings (SSSR count). The molecule has 0 saturated carbocycles. The zero-order valence-corrected chi connectivity index (χ0v) is 10.3. The largest absolute Gasteiger partial charge is 0.460 e. The van der Waals surface area contributed by atoms with E-state index < -0.39 is 49.0 Å². The average molecular weight is 400 g/mol. The van der Waals surface area contributed by atoms with E-state index in [2.05, 4.69) is 4.74 Å². The van der Waals surface area contributed by atoms with Crippen molar-refractivity contribution in [2.75, 3.05) is 0 Å². The molecule has 0 bridgehead atoms. The number of ether oxygens (including phenoxy) is 1. The average Bonchev–Trinajstić information content (AvgIpc) is 2.36. The normalized spacial score (nSPS) is 18.0. The van der Waals surface area contributed by atoms with Crippen LogP contribution < -0.4 is 0 Å². The lowest BCUT2D eigenvalue weighted by atomic mass is 9.98. The van der Waals surface area contributed by atoms with Gasteiger partial charge in [0.1, 0.15) is 0 Å². The monoisotopic (exact) mass is 400 g/mol. The molecule has 0 radical (unpaired) electrons. The summed E-state index contributed by atoms with van der Waals surface area (Å²) in [6, 6.07) is 0. The standard InChI is InChI=1S/C8H3F15O/c9-1(10)2(11)24-3(12)4(13,14)5(15,16)6(17,18)7(19,20)8(21,22)23/h1-3H. The van der Waals surface area contributed by atoms with E-state index in [9.17, 15) is 65.9 Å². The fourth-order valence-corrected chi connectivity index (χ4v) is 0.986. The highest BCUT2D eigenvalue weighted by Crippen LogP contribution is 2.58. The van der Waals surface area contributed by atoms with Crippen LogP contribution in [0.3, 0.4) is 0 Å². The number of halogens is 15. The van der Waals surface area contributed by atoms with Gasteiger partial charge in [0.15, 0.2) is 0 Å². The minimum Gasteiger partial charge on any atom is -0.303 e. The molecule has 0 N–H and O–H groups in total. The van der Waals surface area contributed by atoms with Gasteiger partial charge >= 0.3 is 29.9 Å². The molecule has 0 saturated heterocycles. The van der Waals surface area contributed by atoms with Gasteiger partial charge in [-0.3, -0.25) is 0 Å². The Morgan fingerprint density at radius 1 is 0.542 bits per heavy atom. The van der Waals surface area contributed by atoms with Crippen LogP contribution >= 0.6 is 0 Å². The van der Waals surface area contributed by atoms with Crippen LogP contribution in [0, 0.1) is 0 Å². The Kier molecular flexibility index (Phi) is 6.04. The molecule has 0 heterocycles. The van der Waals surface area contributed by atoms with E-state index in [0.717, 1.165) is 0 Å². The third-order valence-electron chi connectivity index (χ3n) is 2.30. The van der Waals surface area contributed by atoms with Crippen molar-refractivity contribution in [1.29, 1.82) is 0 Å². The van der Waals surface area contributed by atoms with Crippen LogP contribution in [0.15, 0.2) is 0 Å². The molecule has 0 spiro atoms. The fourth-order valence-electron chi connectivity index (χ4n) is 0.986. The van der Waals surface area contributed by atoms with Gasteiger partial charge in [0, 0.05) is 0 Å². The summed E-state index contributed by atoms with van der Waals surface area (Å²) in [4.78, 5) is 0. The maximum Gasteiger partial charge on any atom is 0.460 e. The summed E-state index contributed by atoms with van der Waals surface area (Å²) < 4.78 is 186. The number of hydrogen-bond acceptors (Lipinski definition) is 1. The predicted molar refractivity (Wildman–Crippen MR) is 42.7 cm³/mol. The molecule has 0 aromatic rings. The lowest BCUT2D eigenvalue weighted by Gasteiger charge is -2.38. The lowest BCUT2D eigenvalue weighted by Crippen LogP contribution is -2.68. The Morgan fingerprint density at radius 2 is 0.917 bits per heavy atom. The summed E-state index contributed by atoms with van der Waals surface area (Å²) in [5.74, 6) is -30.8. The van der Waals surface area contributed by atoms with E-state index >= 15 is 0 Å². The first kappa shape index (κ1) is 22.9. The van der Waals surface area contributed by atoms with E-state index in [1.165, 1.54) is 0 Å². The Hall–Kier alpha value is -1.09. The van der Waals surface area contributed by atoms with Crippen LogP contribution in [0.2, 0.25) is 0 Å². The molecular weight excluding hydrogens is 397 g/mol. The molecule has 16 heteroatoms. The topological polar surface area (TPSA) is 9.23 Å². The van der Waals surface area contributed by atoms with Gasteiger partial charge in [-0.1, -0.05) is 0 Å². The van der Waals surface area contributed by atoms with E-state index in [1.54, 1.807) is 0 Å². The summed E-state index contributed by atoms with van der Waals surface area (Å²) in [5, 5.41) is 0. The lowest BCUT2D eigenvalue weighted by molar-refractivity contribution is -0.438. The second-order valence-electron chi connectivity index (χ2n) is 3.98. The van der Waals surface area contributed by atoms with Crippen LogP contribution in [0.5, 0.6) is 0 Å². The zero-order chi connectivity index (χ0) is 19.9. The van der Waals surface area contributed by atoms with Crippen LogP contribution in [-0.2, 0) is 4.74 Å². The first-order valence-electron chi connectivity index (χ1n) is 5.05. The van der Waals surface area contributed by atoms with Crippen molar-refractivity contribution in [3.8, 4) is 0 Å². The van der Waals surface area contributed by atoms with Crippen LogP contribution in [0.1, 0.15) is 0 Å². The molecule has 0 aliphatic rings. The summed E-state index contributed by atoms with van der Waals surface area (Å²) in [6.07, 6.45) is -21.7. The molecule has 1 nitrogen and oxygen atoms in total. The van der Waals surface area contributed by atoms with Gasteiger partial charge < -0.3 is 4.74 Å². The third kappa shape index (κ3) is 3.46. The highest BCUT2D eigenvalue weighted by Gasteiger charge is 2.88. The minimum atomic E-state index is -7.95. The number of hydrogen-bond donors (Lipinski definition) is 0. The van der Waals surface area contributed by atoms with Crippen molar-refractivity contribution < 1.29 is 70.6 Å². The van der Waals surface area contributed by atoms with Crippen molar-refractivity contribution in [3.63, 3.8) is 0 Å². The maximum absolute atomic E-state index is 12.8. The van der Waals surface area contributed by atoms with Gasteiger partial charge in [0.2, 0.25) is 0 Å². The van der Waals surface area contributed by atoms with E-state index in [4.69, 9.17) is 0 Å². The number of rotatable bonds is 7. The molecule has 24 heavy (non-hydrogen) atoms. The van der Waals surface area contributed by atoms with Crippen LogP contribution in [0.25, 0.3) is 0 Å². The van der Waals surface area contributed by atoms with Crippen molar-refractivity contribution in [2.24, 2.45) is 0 Å². The number of alkyl halides is 15. The highest BCUT2D eigenvalue weighted by atomic mass is 19.4. The van der Waals surface area contributed by atoms with Gasteiger partial charge in [-0.05, 0) is 0 Å². The molecule has 146 valence electrons. The third-order valence-corrected chi connectivity index (χ3v) is 2.30. The van der Waals surface area contributed by atoms with E-state index in [-0.39, 0.29) is 0 Å². The summed E-state index contributed by atoms with van der Waals surface area (Å²) in [6.45, 7) is 0. The molecule has 0 aromatic heterocycles. The molecule has 0 aliphatic heterocycles. The minimum absolute atomic E-state index is 2.28. The van der Waals surface area contributed by atoms with E-state index in [0.29, 0.717) is 0 Å². The van der Waals surface area contributed by atoms with Gasteiger partial charge in [-0.25, -0.2) is 17.6 Å². The Labute approximate surface area is 121 Å². The smallest absolute Gasteiger partial charge is 0.303 e. The Balaban J connectivity index is 5.84. The SMILES string of the molecule is FC(F)C(F)OC(F)C(F)(F)C(F)(F)C(F)(F)C(F)(F)C(F)(F)F.